The molecule has 3 aromatic rings. The van der Waals surface area contributed by atoms with Gasteiger partial charge in [-0.1, -0.05) is 24.3 Å². The van der Waals surface area contributed by atoms with Crippen LogP contribution in [0.25, 0.3) is 0 Å². The molecule has 4 rings (SSSR count). The van der Waals surface area contributed by atoms with Gasteiger partial charge < -0.3 is 10.2 Å². The van der Waals surface area contributed by atoms with E-state index in [1.54, 1.807) is 23.8 Å². The predicted octanol–water partition coefficient (Wildman–Crippen LogP) is 2.58. The fourth-order valence-electron chi connectivity index (χ4n) is 3.40. The Labute approximate surface area is 180 Å². The zero-order valence-electron chi connectivity index (χ0n) is 16.3. The molecule has 30 heavy (non-hydrogen) atoms. The summed E-state index contributed by atoms with van der Waals surface area (Å²) in [6, 6.07) is 15.1. The number of nitrogens with zero attached hydrogens (tertiary/aromatic N) is 3. The molecule has 9 heteroatoms. The average molecular weight is 443 g/mol. The molecule has 0 radical (unpaired) electrons. The molecule has 0 bridgehead atoms. The lowest BCUT2D eigenvalue weighted by Gasteiger charge is -2.35. The molecule has 0 spiro atoms. The number of pyridine rings is 1. The molecule has 156 valence electrons. The second-order valence-corrected chi connectivity index (χ2v) is 9.71. The lowest BCUT2D eigenvalue weighted by molar-refractivity contribution is 0.0952. The summed E-state index contributed by atoms with van der Waals surface area (Å²) in [5, 5.41) is 4.43. The van der Waals surface area contributed by atoms with Gasteiger partial charge in [0.2, 0.25) is 10.0 Å². The molecule has 0 atom stereocenters. The first-order valence-corrected chi connectivity index (χ1v) is 11.9. The van der Waals surface area contributed by atoms with Gasteiger partial charge in [0, 0.05) is 50.8 Å². The minimum Gasteiger partial charge on any atom is -0.369 e. The molecule has 1 N–H and O–H groups in total. The number of thiophene rings is 1. The Kier molecular flexibility index (Phi) is 6.12. The third-order valence-corrected chi connectivity index (χ3v) is 7.97. The number of aromatic nitrogens is 1. The highest BCUT2D eigenvalue weighted by Gasteiger charge is 2.32. The number of anilines is 1. The van der Waals surface area contributed by atoms with Gasteiger partial charge in [-0.25, -0.2) is 8.42 Å². The van der Waals surface area contributed by atoms with E-state index in [1.807, 2.05) is 36.4 Å². The second kappa shape index (κ2) is 8.95. The van der Waals surface area contributed by atoms with Crippen molar-refractivity contribution >= 4 is 33.0 Å². The van der Waals surface area contributed by atoms with Crippen LogP contribution in [0, 0.1) is 0 Å². The van der Waals surface area contributed by atoms with E-state index in [1.165, 1.54) is 10.4 Å². The Morgan fingerprint density at radius 2 is 1.80 bits per heavy atom. The number of nitrogens with one attached hydrogen (secondary N) is 1. The van der Waals surface area contributed by atoms with Crippen molar-refractivity contribution < 1.29 is 13.2 Å². The Balaban J connectivity index is 1.44. The molecule has 7 nitrogen and oxygen atoms in total. The Hall–Kier alpha value is -2.75. The van der Waals surface area contributed by atoms with Crippen LogP contribution in [0.4, 0.5) is 5.69 Å². The monoisotopic (exact) mass is 442 g/mol. The van der Waals surface area contributed by atoms with E-state index in [2.05, 4.69) is 15.2 Å². The Bertz CT molecular complexity index is 1090. The zero-order valence-corrected chi connectivity index (χ0v) is 17.9. The average Bonchev–Trinajstić information content (AvgIpc) is 3.30. The van der Waals surface area contributed by atoms with Crippen molar-refractivity contribution in [3.63, 3.8) is 0 Å². The number of carbonyl (C=O) groups is 1. The summed E-state index contributed by atoms with van der Waals surface area (Å²) in [6.45, 7) is 2.26. The number of sulfonamides is 1. The highest BCUT2D eigenvalue weighted by atomic mass is 32.2. The smallest absolute Gasteiger partial charge is 0.263 e. The van der Waals surface area contributed by atoms with Crippen molar-refractivity contribution in [2.24, 2.45) is 0 Å². The maximum absolute atomic E-state index is 13.2. The van der Waals surface area contributed by atoms with Crippen LogP contribution in [0.1, 0.15) is 15.2 Å². The predicted molar refractivity (Wildman–Crippen MR) is 117 cm³/mol. The number of para-hydroxylation sites is 1. The van der Waals surface area contributed by atoms with E-state index in [0.29, 0.717) is 32.7 Å². The molecule has 1 aliphatic heterocycles. The zero-order chi connectivity index (χ0) is 21.0. The van der Waals surface area contributed by atoms with E-state index in [0.717, 1.165) is 22.6 Å². The van der Waals surface area contributed by atoms with Gasteiger partial charge in [0.1, 0.15) is 9.77 Å². The number of rotatable bonds is 6. The highest BCUT2D eigenvalue weighted by Crippen LogP contribution is 2.27. The normalized spacial score (nSPS) is 15.1. The SMILES string of the molecule is O=C(NCc1cccnc1)c1sccc1S(=O)(=O)N1CCN(c2ccccc2)CC1. The summed E-state index contributed by atoms with van der Waals surface area (Å²) in [4.78, 5) is 19.1. The molecule has 1 saturated heterocycles. The van der Waals surface area contributed by atoms with Gasteiger partial charge in [-0.15, -0.1) is 11.3 Å². The van der Waals surface area contributed by atoms with E-state index in [-0.39, 0.29) is 9.77 Å². The van der Waals surface area contributed by atoms with Crippen LogP contribution in [0.5, 0.6) is 0 Å². The molecule has 3 heterocycles. The second-order valence-electron chi connectivity index (χ2n) is 6.88. The number of hydrogen-bond donors (Lipinski definition) is 1. The molecule has 0 saturated carbocycles. The summed E-state index contributed by atoms with van der Waals surface area (Å²) in [5.74, 6) is -0.393. The van der Waals surface area contributed by atoms with Gasteiger partial charge in [-0.2, -0.15) is 4.31 Å². The topological polar surface area (TPSA) is 82.6 Å². The summed E-state index contributed by atoms with van der Waals surface area (Å²) in [7, 11) is -3.74. The number of benzene rings is 1. The minimum atomic E-state index is -3.74. The first-order valence-electron chi connectivity index (χ1n) is 9.60. The minimum absolute atomic E-state index is 0.0735. The Morgan fingerprint density at radius 3 is 2.50 bits per heavy atom. The Morgan fingerprint density at radius 1 is 1.03 bits per heavy atom. The number of carbonyl (C=O) groups excluding carboxylic acids is 1. The molecular weight excluding hydrogens is 420 g/mol. The van der Waals surface area contributed by atoms with Crippen LogP contribution < -0.4 is 10.2 Å². The van der Waals surface area contributed by atoms with Crippen LogP contribution in [-0.2, 0) is 16.6 Å². The largest absolute Gasteiger partial charge is 0.369 e. The molecule has 1 fully saturated rings. The van der Waals surface area contributed by atoms with Gasteiger partial charge >= 0.3 is 0 Å². The van der Waals surface area contributed by atoms with Gasteiger partial charge in [-0.05, 0) is 35.2 Å². The van der Waals surface area contributed by atoms with Crippen LogP contribution in [0.3, 0.4) is 0 Å². The highest BCUT2D eigenvalue weighted by molar-refractivity contribution is 7.89. The van der Waals surface area contributed by atoms with Crippen molar-refractivity contribution in [1.29, 1.82) is 0 Å². The maximum Gasteiger partial charge on any atom is 0.263 e. The maximum atomic E-state index is 13.2. The van der Waals surface area contributed by atoms with Crippen molar-refractivity contribution in [2.75, 3.05) is 31.1 Å². The fourth-order valence-corrected chi connectivity index (χ4v) is 6.14. The quantitative estimate of drug-likeness (QED) is 0.635. The first kappa shape index (κ1) is 20.5. The third-order valence-electron chi connectivity index (χ3n) is 4.99. The number of piperazine rings is 1. The lowest BCUT2D eigenvalue weighted by Crippen LogP contribution is -2.48. The van der Waals surface area contributed by atoms with Gasteiger partial charge in [0.05, 0.1) is 0 Å². The fraction of sp³-hybridized carbons (Fsp3) is 0.238. The molecule has 0 unspecified atom stereocenters. The van der Waals surface area contributed by atoms with Crippen LogP contribution >= 0.6 is 11.3 Å². The van der Waals surface area contributed by atoms with Gasteiger partial charge in [0.15, 0.2) is 0 Å². The first-order chi connectivity index (χ1) is 14.6. The number of hydrogen-bond acceptors (Lipinski definition) is 6. The van der Waals surface area contributed by atoms with Crippen LogP contribution in [0.15, 0.2) is 71.2 Å². The molecule has 0 aliphatic carbocycles. The number of amides is 1. The summed E-state index contributed by atoms with van der Waals surface area (Å²) in [6.07, 6.45) is 3.32. The van der Waals surface area contributed by atoms with Crippen LogP contribution in [0.2, 0.25) is 0 Å². The molecule has 1 aromatic carbocycles. The standard InChI is InChI=1S/C21H22N4O3S2/c26-21(23-16-17-5-4-9-22-15-17)20-19(8-14-29-20)30(27,28)25-12-10-24(11-13-25)18-6-2-1-3-7-18/h1-9,14-15H,10-13,16H2,(H,23,26). The van der Waals surface area contributed by atoms with Crippen molar-refractivity contribution in [1.82, 2.24) is 14.6 Å². The van der Waals surface area contributed by atoms with Gasteiger partial charge in [-0.3, -0.25) is 9.78 Å². The molecule has 2 aromatic heterocycles. The van der Waals surface area contributed by atoms with E-state index >= 15 is 0 Å². The van der Waals surface area contributed by atoms with Crippen molar-refractivity contribution in [2.45, 2.75) is 11.4 Å². The van der Waals surface area contributed by atoms with Crippen LogP contribution in [-0.4, -0.2) is 49.8 Å². The summed E-state index contributed by atoms with van der Waals surface area (Å²) >= 11 is 1.14. The van der Waals surface area contributed by atoms with E-state index in [9.17, 15) is 13.2 Å². The van der Waals surface area contributed by atoms with Crippen molar-refractivity contribution in [3.05, 3.63) is 76.7 Å². The van der Waals surface area contributed by atoms with E-state index in [4.69, 9.17) is 0 Å². The lowest BCUT2D eigenvalue weighted by atomic mass is 10.2. The summed E-state index contributed by atoms with van der Waals surface area (Å²) in [5.41, 5.74) is 1.93. The molecule has 1 aliphatic rings. The summed E-state index contributed by atoms with van der Waals surface area (Å²) < 4.78 is 27.9. The van der Waals surface area contributed by atoms with E-state index < -0.39 is 15.9 Å². The molecular formula is C21H22N4O3S2. The molecule has 1 amide bonds. The van der Waals surface area contributed by atoms with Gasteiger partial charge in [0.25, 0.3) is 5.91 Å². The third kappa shape index (κ3) is 4.38. The van der Waals surface area contributed by atoms with Crippen molar-refractivity contribution in [3.8, 4) is 0 Å².